The van der Waals surface area contributed by atoms with Gasteiger partial charge in [0.1, 0.15) is 5.65 Å². The van der Waals surface area contributed by atoms with E-state index in [1.54, 1.807) is 0 Å². The Hall–Kier alpha value is -4.82. The Labute approximate surface area is 253 Å². The quantitative estimate of drug-likeness (QED) is 0.117. The number of fused-ring (bicyclic) bond motifs is 11. The van der Waals surface area contributed by atoms with Gasteiger partial charge in [-0.05, 0) is 73.2 Å². The molecule has 0 saturated carbocycles. The first kappa shape index (κ1) is 24.7. The summed E-state index contributed by atoms with van der Waals surface area (Å²) in [5, 5.41) is 12.0. The molecule has 0 N–H and O–H groups in total. The molecule has 202 valence electrons. The predicted octanol–water partition coefficient (Wildman–Crippen LogP) is 8.86. The van der Waals surface area contributed by atoms with E-state index in [0.29, 0.717) is 0 Å². The largest absolute Gasteiger partial charge is 0.292 e. The van der Waals surface area contributed by atoms with Crippen molar-refractivity contribution in [3.8, 4) is 0 Å². The van der Waals surface area contributed by atoms with E-state index in [4.69, 9.17) is 16.8 Å². The number of aromatic nitrogens is 2. The molecule has 0 saturated heterocycles. The third-order valence-corrected chi connectivity index (χ3v) is 13.7. The monoisotopic (exact) mass is 584 g/mol. The molecule has 2 aromatic heterocycles. The van der Waals surface area contributed by atoms with E-state index in [9.17, 15) is 0 Å². The maximum atomic E-state index is 6.76. The van der Waals surface area contributed by atoms with Crippen LogP contribution in [0.5, 0.6) is 0 Å². The molecule has 9 rings (SSSR count). The van der Waals surface area contributed by atoms with Crippen LogP contribution in [0.1, 0.15) is 0 Å². The van der Waals surface area contributed by atoms with Gasteiger partial charge in [-0.2, -0.15) is 0 Å². The lowest BCUT2D eigenvalue weighted by molar-refractivity contribution is 1.32. The summed E-state index contributed by atoms with van der Waals surface area (Å²) in [6, 6.07) is 52.1. The van der Waals surface area contributed by atoms with Crippen LogP contribution in [0.15, 0.2) is 152 Å². The first-order valence-electron chi connectivity index (χ1n) is 14.5. The van der Waals surface area contributed by atoms with Crippen LogP contribution < -0.4 is 15.9 Å². The van der Waals surface area contributed by atoms with E-state index >= 15 is 0 Å². The van der Waals surface area contributed by atoms with E-state index in [1.165, 1.54) is 59.1 Å². The summed E-state index contributed by atoms with van der Waals surface area (Å²) in [5.41, 5.74) is 4.27. The van der Waals surface area contributed by atoms with Gasteiger partial charge >= 0.3 is 0 Å². The van der Waals surface area contributed by atoms with E-state index in [1.807, 2.05) is 0 Å². The van der Waals surface area contributed by atoms with Gasteiger partial charge in [-0.1, -0.05) is 133 Å². The van der Waals surface area contributed by atoms with Crippen LogP contribution in [0.4, 0.5) is 0 Å². The fourth-order valence-electron chi connectivity index (χ4n) is 6.76. The van der Waals surface area contributed by atoms with Crippen molar-refractivity contribution in [2.75, 3.05) is 0 Å². The maximum Gasteiger partial charge on any atom is 0.147 e. The maximum absolute atomic E-state index is 6.76. The number of nitrogens with zero attached hydrogens (tertiary/aromatic N) is 2. The van der Waals surface area contributed by atoms with Gasteiger partial charge in [0, 0.05) is 16.8 Å². The Morgan fingerprint density at radius 1 is 0.465 bits per heavy atom. The SMILES string of the molecule is S=P(c1ccccc1)(c1ccccc1)c1ccc2ccc3c4cc5ccccc5cc4n4c5ccccc5nc4c3c2c1. The molecule has 0 aliphatic carbocycles. The standard InChI is InChI=1S/C39H25N2PS/c43-42(29-13-3-1-4-14-29,30-15-5-2-6-16-30)31-21-19-26-20-22-32-34-23-27-11-7-8-12-28(27)24-37(34)41-36-18-10-9-17-35(36)40-39(41)38(32)33(26)25-31/h1-25H. The normalized spacial score (nSPS) is 12.3. The van der Waals surface area contributed by atoms with Crippen molar-refractivity contribution in [3.05, 3.63) is 152 Å². The summed E-state index contributed by atoms with van der Waals surface area (Å²) in [5.74, 6) is 0. The highest BCUT2D eigenvalue weighted by atomic mass is 32.4. The third-order valence-electron chi connectivity index (χ3n) is 8.79. The molecule has 0 fully saturated rings. The van der Waals surface area contributed by atoms with E-state index < -0.39 is 6.04 Å². The minimum absolute atomic E-state index is 0.981. The van der Waals surface area contributed by atoms with Crippen molar-refractivity contribution in [2.45, 2.75) is 0 Å². The number of hydrogen-bond acceptors (Lipinski definition) is 2. The number of rotatable bonds is 3. The van der Waals surface area contributed by atoms with Crippen LogP contribution in [-0.2, 0) is 11.8 Å². The van der Waals surface area contributed by atoms with Crippen molar-refractivity contribution in [3.63, 3.8) is 0 Å². The van der Waals surface area contributed by atoms with E-state index in [2.05, 4.69) is 156 Å². The van der Waals surface area contributed by atoms with Gasteiger partial charge in [0.2, 0.25) is 0 Å². The predicted molar refractivity (Wildman–Crippen MR) is 189 cm³/mol. The summed E-state index contributed by atoms with van der Waals surface area (Å²) < 4.78 is 2.36. The smallest absolute Gasteiger partial charge is 0.147 e. The van der Waals surface area contributed by atoms with Gasteiger partial charge in [-0.15, -0.1) is 0 Å². The van der Waals surface area contributed by atoms with Crippen LogP contribution in [0.3, 0.4) is 0 Å². The van der Waals surface area contributed by atoms with Crippen LogP contribution in [0.25, 0.3) is 59.9 Å². The van der Waals surface area contributed by atoms with Gasteiger partial charge in [-0.25, -0.2) is 4.98 Å². The zero-order valence-corrected chi connectivity index (χ0v) is 24.9. The van der Waals surface area contributed by atoms with Crippen LogP contribution in [-0.4, -0.2) is 9.38 Å². The summed E-state index contributed by atoms with van der Waals surface area (Å²) in [6.07, 6.45) is 0. The Bertz CT molecular complexity index is 2540. The molecule has 0 radical (unpaired) electrons. The lowest BCUT2D eigenvalue weighted by atomic mass is 9.97. The summed E-state index contributed by atoms with van der Waals surface area (Å²) in [4.78, 5) is 5.28. The molecule has 0 aliphatic heterocycles. The fourth-order valence-corrected chi connectivity index (χ4v) is 10.5. The van der Waals surface area contributed by atoms with Gasteiger partial charge in [0.25, 0.3) is 0 Å². The van der Waals surface area contributed by atoms with Gasteiger partial charge in [-0.3, -0.25) is 4.40 Å². The molecule has 0 bridgehead atoms. The molecule has 9 aromatic rings. The van der Waals surface area contributed by atoms with E-state index in [0.717, 1.165) is 16.7 Å². The molecule has 2 nitrogen and oxygen atoms in total. The second kappa shape index (κ2) is 9.34. The number of pyridine rings is 1. The molecule has 43 heavy (non-hydrogen) atoms. The average Bonchev–Trinajstić information content (AvgIpc) is 3.47. The fraction of sp³-hybridized carbons (Fsp3) is 0. The summed E-state index contributed by atoms with van der Waals surface area (Å²) >= 11 is 6.76. The second-order valence-corrected chi connectivity index (χ2v) is 15.6. The first-order chi connectivity index (χ1) is 21.2. The first-order valence-corrected chi connectivity index (χ1v) is 17.3. The third kappa shape index (κ3) is 3.59. The minimum atomic E-state index is -2.32. The highest BCUT2D eigenvalue weighted by Gasteiger charge is 2.26. The number of imidazole rings is 1. The van der Waals surface area contributed by atoms with Crippen molar-refractivity contribution in [2.24, 2.45) is 0 Å². The number of para-hydroxylation sites is 2. The molecule has 4 heteroatoms. The Morgan fingerprint density at radius 3 is 1.84 bits per heavy atom. The van der Waals surface area contributed by atoms with Gasteiger partial charge in [0.15, 0.2) is 0 Å². The molecule has 0 atom stereocenters. The minimum Gasteiger partial charge on any atom is -0.292 e. The Balaban J connectivity index is 1.47. The zero-order chi connectivity index (χ0) is 28.5. The summed E-state index contributed by atoms with van der Waals surface area (Å²) in [7, 11) is 0. The van der Waals surface area contributed by atoms with Gasteiger partial charge < -0.3 is 0 Å². The zero-order valence-electron chi connectivity index (χ0n) is 23.2. The summed E-state index contributed by atoms with van der Waals surface area (Å²) in [6.45, 7) is 0. The molecule has 2 heterocycles. The second-order valence-electron chi connectivity index (χ2n) is 11.1. The Morgan fingerprint density at radius 2 is 1.09 bits per heavy atom. The molecule has 0 unspecified atom stereocenters. The molecular weight excluding hydrogens is 559 g/mol. The lowest BCUT2D eigenvalue weighted by Crippen LogP contribution is -2.24. The molecule has 0 amide bonds. The Kier molecular flexibility index (Phi) is 5.38. The van der Waals surface area contributed by atoms with Crippen LogP contribution >= 0.6 is 6.04 Å². The van der Waals surface area contributed by atoms with E-state index in [-0.39, 0.29) is 0 Å². The highest BCUT2D eigenvalue weighted by Crippen LogP contribution is 2.45. The lowest BCUT2D eigenvalue weighted by Gasteiger charge is -2.24. The topological polar surface area (TPSA) is 17.3 Å². The molecule has 0 aliphatic rings. The molecule has 0 spiro atoms. The van der Waals surface area contributed by atoms with Crippen molar-refractivity contribution in [1.29, 1.82) is 0 Å². The van der Waals surface area contributed by atoms with Crippen molar-refractivity contribution < 1.29 is 0 Å². The van der Waals surface area contributed by atoms with Crippen LogP contribution in [0, 0.1) is 0 Å². The number of benzene rings is 7. The molecular formula is C39H25N2PS. The average molecular weight is 585 g/mol. The number of hydrogen-bond donors (Lipinski definition) is 0. The van der Waals surface area contributed by atoms with Crippen LogP contribution in [0.2, 0.25) is 0 Å². The van der Waals surface area contributed by atoms with Crippen molar-refractivity contribution in [1.82, 2.24) is 9.38 Å². The molecule has 7 aromatic carbocycles. The van der Waals surface area contributed by atoms with Crippen molar-refractivity contribution >= 4 is 93.7 Å². The highest BCUT2D eigenvalue weighted by molar-refractivity contribution is 8.25. The van der Waals surface area contributed by atoms with Gasteiger partial charge in [0.05, 0.1) is 16.6 Å².